The Bertz CT molecular complexity index is 455. The number of hydrogen-bond donors (Lipinski definition) is 0. The normalized spacial score (nSPS) is 10.9. The van der Waals surface area contributed by atoms with Crippen molar-refractivity contribution in [3.63, 3.8) is 0 Å². The van der Waals surface area contributed by atoms with Gasteiger partial charge in [0.2, 0.25) is 0 Å². The maximum atomic E-state index is 4.57. The summed E-state index contributed by atoms with van der Waals surface area (Å²) >= 11 is 0. The summed E-state index contributed by atoms with van der Waals surface area (Å²) in [5.41, 5.74) is 6.50. The molecule has 1 aromatic heterocycles. The molecule has 0 atom stereocenters. The fourth-order valence-electron chi connectivity index (χ4n) is 1.56. The van der Waals surface area contributed by atoms with E-state index in [9.17, 15) is 0 Å². The molecule has 0 spiro atoms. The van der Waals surface area contributed by atoms with Crippen LogP contribution in [-0.4, -0.2) is 9.97 Å². The number of aryl methyl sites for hydroxylation is 4. The third kappa shape index (κ3) is 1.27. The quantitative estimate of drug-likeness (QED) is 0.632. The molecule has 0 fully saturated rings. The highest BCUT2D eigenvalue weighted by atomic mass is 14.8. The second-order valence-electron chi connectivity index (χ2n) is 3.79. The zero-order valence-corrected chi connectivity index (χ0v) is 9.05. The Kier molecular flexibility index (Phi) is 1.99. The maximum Gasteiger partial charge on any atom is 0.0922 e. The van der Waals surface area contributed by atoms with Crippen LogP contribution in [0.5, 0.6) is 0 Å². The SMILES string of the molecule is Cc1nc2c(C)ccc(C)c2nc1C. The Morgan fingerprint density at radius 1 is 0.714 bits per heavy atom. The molecule has 72 valence electrons. The van der Waals surface area contributed by atoms with Gasteiger partial charge in [-0.3, -0.25) is 0 Å². The highest BCUT2D eigenvalue weighted by Gasteiger charge is 2.05. The van der Waals surface area contributed by atoms with Gasteiger partial charge in [-0.25, -0.2) is 9.97 Å². The Morgan fingerprint density at radius 3 is 1.43 bits per heavy atom. The molecule has 0 aliphatic carbocycles. The maximum absolute atomic E-state index is 4.57. The molecule has 0 radical (unpaired) electrons. The van der Waals surface area contributed by atoms with Crippen LogP contribution in [0.25, 0.3) is 11.0 Å². The Hall–Kier alpha value is -1.44. The van der Waals surface area contributed by atoms with E-state index in [1.54, 1.807) is 0 Å². The van der Waals surface area contributed by atoms with Crippen molar-refractivity contribution in [2.75, 3.05) is 0 Å². The minimum absolute atomic E-state index is 1.02. The summed E-state index contributed by atoms with van der Waals surface area (Å²) in [5, 5.41) is 0. The Labute approximate surface area is 84.0 Å². The van der Waals surface area contributed by atoms with Gasteiger partial charge >= 0.3 is 0 Å². The van der Waals surface area contributed by atoms with E-state index in [1.807, 2.05) is 13.8 Å². The van der Waals surface area contributed by atoms with E-state index in [0.29, 0.717) is 0 Å². The van der Waals surface area contributed by atoms with Gasteiger partial charge < -0.3 is 0 Å². The number of aromatic nitrogens is 2. The molecular formula is C12H14N2. The first kappa shape index (κ1) is 9.13. The van der Waals surface area contributed by atoms with Crippen molar-refractivity contribution in [1.82, 2.24) is 9.97 Å². The van der Waals surface area contributed by atoms with Gasteiger partial charge in [-0.1, -0.05) is 12.1 Å². The van der Waals surface area contributed by atoms with Gasteiger partial charge in [-0.15, -0.1) is 0 Å². The number of nitrogens with zero attached hydrogens (tertiary/aromatic N) is 2. The molecule has 1 heterocycles. The third-order valence-electron chi connectivity index (χ3n) is 2.64. The second kappa shape index (κ2) is 3.05. The molecule has 0 unspecified atom stereocenters. The molecule has 0 saturated carbocycles. The first-order valence-corrected chi connectivity index (χ1v) is 4.81. The molecule has 0 aliphatic heterocycles. The van der Waals surface area contributed by atoms with E-state index >= 15 is 0 Å². The lowest BCUT2D eigenvalue weighted by atomic mass is 10.1. The molecule has 2 nitrogen and oxygen atoms in total. The summed E-state index contributed by atoms with van der Waals surface area (Å²) in [7, 11) is 0. The highest BCUT2D eigenvalue weighted by molar-refractivity contribution is 5.81. The molecule has 14 heavy (non-hydrogen) atoms. The van der Waals surface area contributed by atoms with Gasteiger partial charge in [0.25, 0.3) is 0 Å². The fourth-order valence-corrected chi connectivity index (χ4v) is 1.56. The van der Waals surface area contributed by atoms with Crippen molar-refractivity contribution in [2.45, 2.75) is 27.7 Å². The zero-order valence-electron chi connectivity index (χ0n) is 9.05. The van der Waals surface area contributed by atoms with Crippen molar-refractivity contribution < 1.29 is 0 Å². The van der Waals surface area contributed by atoms with Crippen LogP contribution in [0.3, 0.4) is 0 Å². The second-order valence-corrected chi connectivity index (χ2v) is 3.79. The summed E-state index contributed by atoms with van der Waals surface area (Å²) in [6, 6.07) is 4.20. The lowest BCUT2D eigenvalue weighted by molar-refractivity contribution is 1.09. The lowest BCUT2D eigenvalue weighted by Gasteiger charge is -2.06. The van der Waals surface area contributed by atoms with E-state index in [-0.39, 0.29) is 0 Å². The monoisotopic (exact) mass is 186 g/mol. The van der Waals surface area contributed by atoms with E-state index < -0.39 is 0 Å². The van der Waals surface area contributed by atoms with E-state index in [4.69, 9.17) is 0 Å². The van der Waals surface area contributed by atoms with Gasteiger partial charge in [-0.05, 0) is 38.8 Å². The van der Waals surface area contributed by atoms with Gasteiger partial charge in [0.15, 0.2) is 0 Å². The predicted molar refractivity (Wildman–Crippen MR) is 58.5 cm³/mol. The molecule has 0 bridgehead atoms. The number of hydrogen-bond acceptors (Lipinski definition) is 2. The van der Waals surface area contributed by atoms with E-state index in [1.165, 1.54) is 11.1 Å². The first-order valence-electron chi connectivity index (χ1n) is 4.81. The van der Waals surface area contributed by atoms with Crippen LogP contribution in [-0.2, 0) is 0 Å². The average molecular weight is 186 g/mol. The summed E-state index contributed by atoms with van der Waals surface area (Å²) in [6.07, 6.45) is 0. The zero-order chi connectivity index (χ0) is 10.3. The minimum Gasteiger partial charge on any atom is -0.249 e. The van der Waals surface area contributed by atoms with E-state index in [0.717, 1.165) is 22.4 Å². The smallest absolute Gasteiger partial charge is 0.0922 e. The highest BCUT2D eigenvalue weighted by Crippen LogP contribution is 2.19. The standard InChI is InChI=1S/C12H14N2/c1-7-5-6-8(2)12-11(7)13-9(3)10(4)14-12/h5-6H,1-4H3. The largest absolute Gasteiger partial charge is 0.249 e. The topological polar surface area (TPSA) is 25.8 Å². The Morgan fingerprint density at radius 2 is 1.07 bits per heavy atom. The van der Waals surface area contributed by atoms with Crippen LogP contribution >= 0.6 is 0 Å². The van der Waals surface area contributed by atoms with Crippen molar-refractivity contribution in [1.29, 1.82) is 0 Å². The molecule has 1 aromatic carbocycles. The summed E-state index contributed by atoms with van der Waals surface area (Å²) < 4.78 is 0. The van der Waals surface area contributed by atoms with Crippen LogP contribution in [0.1, 0.15) is 22.5 Å². The predicted octanol–water partition coefficient (Wildman–Crippen LogP) is 2.86. The van der Waals surface area contributed by atoms with E-state index in [2.05, 4.69) is 35.9 Å². The van der Waals surface area contributed by atoms with Gasteiger partial charge in [-0.2, -0.15) is 0 Å². The molecule has 0 aliphatic rings. The summed E-state index contributed by atoms with van der Waals surface area (Å²) in [6.45, 7) is 8.16. The van der Waals surface area contributed by atoms with Crippen LogP contribution < -0.4 is 0 Å². The fraction of sp³-hybridized carbons (Fsp3) is 0.333. The van der Waals surface area contributed by atoms with Crippen molar-refractivity contribution in [3.8, 4) is 0 Å². The lowest BCUT2D eigenvalue weighted by Crippen LogP contribution is -1.96. The first-order chi connectivity index (χ1) is 6.59. The van der Waals surface area contributed by atoms with Crippen LogP contribution in [0.4, 0.5) is 0 Å². The van der Waals surface area contributed by atoms with Crippen molar-refractivity contribution >= 4 is 11.0 Å². The summed E-state index contributed by atoms with van der Waals surface area (Å²) in [5.74, 6) is 0. The molecular weight excluding hydrogens is 172 g/mol. The molecule has 0 saturated heterocycles. The number of benzene rings is 1. The molecule has 0 amide bonds. The molecule has 2 heteroatoms. The van der Waals surface area contributed by atoms with Crippen LogP contribution in [0, 0.1) is 27.7 Å². The van der Waals surface area contributed by atoms with Gasteiger partial charge in [0.05, 0.1) is 22.4 Å². The average Bonchev–Trinajstić information content (AvgIpc) is 2.15. The number of rotatable bonds is 0. The van der Waals surface area contributed by atoms with Crippen molar-refractivity contribution in [2.24, 2.45) is 0 Å². The van der Waals surface area contributed by atoms with Gasteiger partial charge in [0.1, 0.15) is 0 Å². The van der Waals surface area contributed by atoms with Crippen molar-refractivity contribution in [3.05, 3.63) is 34.6 Å². The van der Waals surface area contributed by atoms with Gasteiger partial charge in [0, 0.05) is 0 Å². The summed E-state index contributed by atoms with van der Waals surface area (Å²) in [4.78, 5) is 9.15. The third-order valence-corrected chi connectivity index (χ3v) is 2.64. The molecule has 0 N–H and O–H groups in total. The Balaban J connectivity index is 2.94. The molecule has 2 aromatic rings. The van der Waals surface area contributed by atoms with Crippen LogP contribution in [0.2, 0.25) is 0 Å². The van der Waals surface area contributed by atoms with Crippen LogP contribution in [0.15, 0.2) is 12.1 Å². The number of fused-ring (bicyclic) bond motifs is 1. The molecule has 2 rings (SSSR count). The minimum atomic E-state index is 1.02.